The molecule has 0 bridgehead atoms. The zero-order chi connectivity index (χ0) is 20.7. The van der Waals surface area contributed by atoms with Gasteiger partial charge in [0.2, 0.25) is 0 Å². The molecule has 0 aliphatic rings. The molecule has 0 spiro atoms. The minimum absolute atomic E-state index is 0. The summed E-state index contributed by atoms with van der Waals surface area (Å²) in [6.45, 7) is 0.782. The molecule has 0 amide bonds. The number of hydrogen-bond acceptors (Lipinski definition) is 5. The van der Waals surface area contributed by atoms with Crippen LogP contribution in [0.15, 0.2) is 41.5 Å². The molecule has 0 radical (unpaired) electrons. The molecule has 0 atom stereocenters. The maximum atomic E-state index is 13.6. The van der Waals surface area contributed by atoms with Crippen LogP contribution >= 0.6 is 24.0 Å². The van der Waals surface area contributed by atoms with Crippen molar-refractivity contribution in [3.8, 4) is 0 Å². The number of pyridine rings is 1. The van der Waals surface area contributed by atoms with Crippen molar-refractivity contribution in [2.75, 3.05) is 32.3 Å². The smallest absolute Gasteiger partial charge is 0.191 e. The van der Waals surface area contributed by atoms with Crippen LogP contribution in [-0.4, -0.2) is 46.8 Å². The Balaban J connectivity index is 0.00000420. The second-order valence-corrected chi connectivity index (χ2v) is 8.82. The lowest BCUT2D eigenvalue weighted by molar-refractivity contribution is 0.599. The van der Waals surface area contributed by atoms with E-state index in [1.54, 1.807) is 13.2 Å². The van der Waals surface area contributed by atoms with E-state index in [4.69, 9.17) is 0 Å². The molecule has 7 nitrogen and oxygen atoms in total. The standard InChI is InChI=1S/C19H26FN5O2S.HI/c1-21-19(23-11-14-7-8-22-18(9-14)25(2)3)24-12-16-10-17(20)6-5-15(16)13-28(4,26)27;/h5-10H,11-13H2,1-4H3,(H2,21,23,24);1H. The van der Waals surface area contributed by atoms with Crippen molar-refractivity contribution < 1.29 is 12.8 Å². The van der Waals surface area contributed by atoms with Crippen LogP contribution in [-0.2, 0) is 28.7 Å². The second kappa shape index (κ2) is 11.3. The van der Waals surface area contributed by atoms with Crippen LogP contribution in [0.25, 0.3) is 0 Å². The van der Waals surface area contributed by atoms with Crippen molar-refractivity contribution in [1.82, 2.24) is 15.6 Å². The predicted octanol–water partition coefficient (Wildman–Crippen LogP) is 2.31. The van der Waals surface area contributed by atoms with Crippen LogP contribution in [0.5, 0.6) is 0 Å². The van der Waals surface area contributed by atoms with E-state index in [-0.39, 0.29) is 36.3 Å². The monoisotopic (exact) mass is 535 g/mol. The van der Waals surface area contributed by atoms with Crippen LogP contribution in [0.3, 0.4) is 0 Å². The fraction of sp³-hybridized carbons (Fsp3) is 0.368. The van der Waals surface area contributed by atoms with Crippen molar-refractivity contribution in [3.05, 3.63) is 59.0 Å². The Hall–Kier alpha value is -1.95. The van der Waals surface area contributed by atoms with Gasteiger partial charge in [-0.15, -0.1) is 24.0 Å². The minimum Gasteiger partial charge on any atom is -0.363 e. The van der Waals surface area contributed by atoms with E-state index in [0.717, 1.165) is 17.6 Å². The molecule has 2 rings (SSSR count). The third-order valence-electron chi connectivity index (χ3n) is 3.98. The molecule has 10 heteroatoms. The van der Waals surface area contributed by atoms with Crippen LogP contribution in [0.1, 0.15) is 16.7 Å². The Bertz CT molecular complexity index is 951. The highest BCUT2D eigenvalue weighted by Gasteiger charge is 2.11. The summed E-state index contributed by atoms with van der Waals surface area (Å²) in [7, 11) is 2.26. The van der Waals surface area contributed by atoms with Gasteiger partial charge >= 0.3 is 0 Å². The summed E-state index contributed by atoms with van der Waals surface area (Å²) in [5.74, 6) is 0.830. The number of nitrogens with one attached hydrogen (secondary N) is 2. The summed E-state index contributed by atoms with van der Waals surface area (Å²) in [5.41, 5.74) is 2.17. The number of aliphatic imine (C=N–C) groups is 1. The largest absolute Gasteiger partial charge is 0.363 e. The molecule has 1 aromatic carbocycles. The lowest BCUT2D eigenvalue weighted by atomic mass is 10.1. The number of benzene rings is 1. The lowest BCUT2D eigenvalue weighted by Crippen LogP contribution is -2.36. The van der Waals surface area contributed by atoms with E-state index < -0.39 is 15.7 Å². The molecule has 2 N–H and O–H groups in total. The summed E-state index contributed by atoms with van der Waals surface area (Å²) in [6, 6.07) is 7.99. The zero-order valence-electron chi connectivity index (χ0n) is 16.9. The Morgan fingerprint density at radius 2 is 1.83 bits per heavy atom. The highest BCUT2D eigenvalue weighted by molar-refractivity contribution is 14.0. The molecule has 1 heterocycles. The Morgan fingerprint density at radius 3 is 2.45 bits per heavy atom. The Morgan fingerprint density at radius 1 is 1.14 bits per heavy atom. The highest BCUT2D eigenvalue weighted by atomic mass is 127. The van der Waals surface area contributed by atoms with E-state index >= 15 is 0 Å². The van der Waals surface area contributed by atoms with Crippen molar-refractivity contribution in [2.45, 2.75) is 18.8 Å². The third kappa shape index (κ3) is 8.52. The first-order chi connectivity index (χ1) is 13.2. The first-order valence-corrected chi connectivity index (χ1v) is 10.8. The second-order valence-electron chi connectivity index (χ2n) is 6.68. The molecule has 29 heavy (non-hydrogen) atoms. The normalized spacial score (nSPS) is 11.6. The van der Waals surface area contributed by atoms with E-state index in [0.29, 0.717) is 23.6 Å². The van der Waals surface area contributed by atoms with Gasteiger partial charge in [0, 0.05) is 46.7 Å². The average molecular weight is 535 g/mol. The summed E-state index contributed by atoms with van der Waals surface area (Å²) in [6.07, 6.45) is 2.90. The van der Waals surface area contributed by atoms with Crippen molar-refractivity contribution >= 4 is 45.6 Å². The number of hydrogen-bond donors (Lipinski definition) is 2. The van der Waals surface area contributed by atoms with E-state index in [9.17, 15) is 12.8 Å². The van der Waals surface area contributed by atoms with Gasteiger partial charge < -0.3 is 15.5 Å². The van der Waals surface area contributed by atoms with Gasteiger partial charge in [-0.1, -0.05) is 6.07 Å². The van der Waals surface area contributed by atoms with Gasteiger partial charge in [-0.3, -0.25) is 4.99 Å². The molecule has 2 aromatic rings. The fourth-order valence-corrected chi connectivity index (χ4v) is 3.43. The molecule has 0 fully saturated rings. The highest BCUT2D eigenvalue weighted by Crippen LogP contribution is 2.14. The van der Waals surface area contributed by atoms with Gasteiger partial charge in [-0.25, -0.2) is 17.8 Å². The van der Waals surface area contributed by atoms with E-state index in [2.05, 4.69) is 20.6 Å². The van der Waals surface area contributed by atoms with Crippen molar-refractivity contribution in [2.24, 2.45) is 4.99 Å². The quantitative estimate of drug-likeness (QED) is 0.322. The SMILES string of the molecule is CN=C(NCc1ccnc(N(C)C)c1)NCc1cc(F)ccc1CS(C)(=O)=O.I. The van der Waals surface area contributed by atoms with E-state index in [1.807, 2.05) is 31.1 Å². The number of nitrogens with zero attached hydrogens (tertiary/aromatic N) is 3. The maximum absolute atomic E-state index is 13.6. The molecule has 0 unspecified atom stereocenters. The van der Waals surface area contributed by atoms with Gasteiger partial charge in [0.25, 0.3) is 0 Å². The molecule has 160 valence electrons. The minimum atomic E-state index is -3.22. The average Bonchev–Trinajstić information content (AvgIpc) is 2.63. The molecule has 1 aromatic heterocycles. The first-order valence-electron chi connectivity index (χ1n) is 8.70. The zero-order valence-corrected chi connectivity index (χ0v) is 20.1. The number of guanidine groups is 1. The lowest BCUT2D eigenvalue weighted by Gasteiger charge is -2.15. The molecule has 0 saturated carbocycles. The molecular weight excluding hydrogens is 508 g/mol. The fourth-order valence-electron chi connectivity index (χ4n) is 2.58. The molecule has 0 aliphatic carbocycles. The van der Waals surface area contributed by atoms with Crippen LogP contribution in [0, 0.1) is 5.82 Å². The third-order valence-corrected chi connectivity index (χ3v) is 4.82. The summed E-state index contributed by atoms with van der Waals surface area (Å²) < 4.78 is 36.8. The predicted molar refractivity (Wildman–Crippen MR) is 126 cm³/mol. The van der Waals surface area contributed by atoms with Crippen molar-refractivity contribution in [3.63, 3.8) is 0 Å². The first kappa shape index (κ1) is 25.1. The van der Waals surface area contributed by atoms with Crippen LogP contribution in [0.2, 0.25) is 0 Å². The Labute approximate surface area is 188 Å². The number of sulfone groups is 1. The van der Waals surface area contributed by atoms with Gasteiger partial charge in [0.05, 0.1) is 5.75 Å². The summed E-state index contributed by atoms with van der Waals surface area (Å²) in [4.78, 5) is 10.4. The van der Waals surface area contributed by atoms with Gasteiger partial charge in [-0.05, 0) is 41.0 Å². The van der Waals surface area contributed by atoms with E-state index in [1.165, 1.54) is 18.2 Å². The van der Waals surface area contributed by atoms with Gasteiger partial charge in [0.1, 0.15) is 11.6 Å². The molecule has 0 aliphatic heterocycles. The molecule has 0 saturated heterocycles. The van der Waals surface area contributed by atoms with Crippen molar-refractivity contribution in [1.29, 1.82) is 0 Å². The topological polar surface area (TPSA) is 86.7 Å². The number of rotatable bonds is 7. The number of aromatic nitrogens is 1. The Kier molecular flexibility index (Phi) is 9.77. The van der Waals surface area contributed by atoms with Gasteiger partial charge in [-0.2, -0.15) is 0 Å². The summed E-state index contributed by atoms with van der Waals surface area (Å²) >= 11 is 0. The van der Waals surface area contributed by atoms with Crippen LogP contribution < -0.4 is 15.5 Å². The van der Waals surface area contributed by atoms with Crippen LogP contribution in [0.4, 0.5) is 10.2 Å². The number of anilines is 1. The molecular formula is C19H27FIN5O2S. The van der Waals surface area contributed by atoms with Gasteiger partial charge in [0.15, 0.2) is 15.8 Å². The summed E-state index contributed by atoms with van der Waals surface area (Å²) in [5, 5.41) is 6.28. The number of halogens is 2. The maximum Gasteiger partial charge on any atom is 0.191 e.